The summed E-state index contributed by atoms with van der Waals surface area (Å²) in [6, 6.07) is 0. The minimum atomic E-state index is -0.536. The predicted molar refractivity (Wildman–Crippen MR) is 51.0 cm³/mol. The molecule has 0 aromatic heterocycles. The molecular weight excluding hydrogens is 182 g/mol. The Bertz CT molecular complexity index is 275. The Morgan fingerprint density at radius 3 is 2.93 bits per heavy atom. The molecule has 1 fully saturated rings. The summed E-state index contributed by atoms with van der Waals surface area (Å²) in [5, 5.41) is 0.854. The van der Waals surface area contributed by atoms with E-state index in [1.165, 1.54) is 6.92 Å². The van der Waals surface area contributed by atoms with Gasteiger partial charge in [-0.3, -0.25) is 14.4 Å². The number of amides is 2. The van der Waals surface area contributed by atoms with E-state index in [9.17, 15) is 9.59 Å². The first-order chi connectivity index (χ1) is 6.51. The monoisotopic (exact) mass is 197 g/mol. The molecule has 4 nitrogen and oxygen atoms in total. The van der Waals surface area contributed by atoms with Crippen LogP contribution in [0.5, 0.6) is 0 Å². The number of rotatable bonds is 2. The van der Waals surface area contributed by atoms with Gasteiger partial charge in [-0.25, -0.2) is 0 Å². The van der Waals surface area contributed by atoms with E-state index in [-0.39, 0.29) is 11.8 Å². The quantitative estimate of drug-likeness (QED) is 0.626. The van der Waals surface area contributed by atoms with Crippen LogP contribution in [-0.4, -0.2) is 23.5 Å². The molecule has 0 bridgehead atoms. The molecule has 0 radical (unpaired) electrons. The molecule has 1 saturated heterocycles. The summed E-state index contributed by atoms with van der Waals surface area (Å²) in [5.41, 5.74) is -0.536. The van der Waals surface area contributed by atoms with Crippen molar-refractivity contribution in [3.8, 4) is 0 Å². The van der Waals surface area contributed by atoms with Crippen molar-refractivity contribution >= 4 is 11.8 Å². The maximum absolute atomic E-state index is 11.8. The number of hydrogen-bond acceptors (Lipinski definition) is 3. The fraction of sp³-hybridized carbons (Fsp3) is 0.600. The normalized spacial score (nSPS) is 27.6. The van der Waals surface area contributed by atoms with Crippen LogP contribution in [0.15, 0.2) is 12.7 Å². The first-order valence-electron chi connectivity index (χ1n) is 4.60. The minimum absolute atomic E-state index is 0.267. The minimum Gasteiger partial charge on any atom is -0.272 e. The third-order valence-electron chi connectivity index (χ3n) is 2.46. The second kappa shape index (κ2) is 3.92. The lowest BCUT2D eigenvalue weighted by Gasteiger charge is -2.36. The van der Waals surface area contributed by atoms with Gasteiger partial charge in [0.1, 0.15) is 0 Å². The number of carbonyl (C=O) groups excluding carboxylic acids is 2. The molecule has 0 aromatic rings. The van der Waals surface area contributed by atoms with Crippen molar-refractivity contribution in [1.29, 1.82) is 0 Å². The van der Waals surface area contributed by atoms with Gasteiger partial charge in [-0.15, -0.1) is 6.58 Å². The van der Waals surface area contributed by atoms with Crippen LogP contribution in [0.4, 0.5) is 0 Å². The summed E-state index contributed by atoms with van der Waals surface area (Å²) in [6.07, 6.45) is 2.89. The van der Waals surface area contributed by atoms with E-state index in [2.05, 4.69) is 6.58 Å². The Kier molecular flexibility index (Phi) is 3.06. The highest BCUT2D eigenvalue weighted by molar-refractivity contribution is 5.96. The van der Waals surface area contributed by atoms with Crippen molar-refractivity contribution in [2.24, 2.45) is 5.41 Å². The zero-order valence-electron chi connectivity index (χ0n) is 8.58. The van der Waals surface area contributed by atoms with E-state index in [1.807, 2.05) is 6.92 Å². The lowest BCUT2D eigenvalue weighted by Crippen LogP contribution is -2.49. The molecule has 4 heteroatoms. The van der Waals surface area contributed by atoms with E-state index in [0.717, 1.165) is 5.06 Å². The molecule has 1 atom stereocenters. The van der Waals surface area contributed by atoms with Crippen LogP contribution >= 0.6 is 0 Å². The van der Waals surface area contributed by atoms with Gasteiger partial charge in [0.2, 0.25) is 5.91 Å². The molecule has 78 valence electrons. The fourth-order valence-electron chi connectivity index (χ4n) is 1.51. The molecule has 0 saturated carbocycles. The van der Waals surface area contributed by atoms with Gasteiger partial charge in [0.25, 0.3) is 5.91 Å². The number of carbonyl (C=O) groups is 2. The predicted octanol–water partition coefficient (Wildman–Crippen LogP) is 1.28. The van der Waals surface area contributed by atoms with Crippen molar-refractivity contribution < 1.29 is 14.4 Å². The maximum atomic E-state index is 11.8. The lowest BCUT2D eigenvalue weighted by atomic mass is 9.82. The number of hydrogen-bond donors (Lipinski definition) is 0. The largest absolute Gasteiger partial charge is 0.272 e. The Morgan fingerprint density at radius 2 is 2.43 bits per heavy atom. The van der Waals surface area contributed by atoms with Crippen LogP contribution in [0, 0.1) is 5.41 Å². The van der Waals surface area contributed by atoms with Crippen LogP contribution in [0.3, 0.4) is 0 Å². The van der Waals surface area contributed by atoms with E-state index in [0.29, 0.717) is 19.4 Å². The van der Waals surface area contributed by atoms with Gasteiger partial charge in [0.05, 0.1) is 12.0 Å². The Hall–Kier alpha value is -1.16. The van der Waals surface area contributed by atoms with Crippen LogP contribution < -0.4 is 0 Å². The van der Waals surface area contributed by atoms with Crippen molar-refractivity contribution in [1.82, 2.24) is 5.06 Å². The molecule has 1 aliphatic rings. The topological polar surface area (TPSA) is 46.6 Å². The molecule has 0 spiro atoms. The lowest BCUT2D eigenvalue weighted by molar-refractivity contribution is -0.215. The van der Waals surface area contributed by atoms with Gasteiger partial charge in [0, 0.05) is 6.92 Å². The molecule has 2 amide bonds. The van der Waals surface area contributed by atoms with Crippen molar-refractivity contribution in [3.05, 3.63) is 12.7 Å². The molecule has 14 heavy (non-hydrogen) atoms. The van der Waals surface area contributed by atoms with Gasteiger partial charge in [-0.05, 0) is 12.8 Å². The molecule has 1 aliphatic heterocycles. The summed E-state index contributed by atoms with van der Waals surface area (Å²) in [7, 11) is 0. The summed E-state index contributed by atoms with van der Waals surface area (Å²) in [5.74, 6) is -0.638. The first kappa shape index (κ1) is 10.9. The smallest absolute Gasteiger partial charge is 0.259 e. The van der Waals surface area contributed by atoms with Gasteiger partial charge in [-0.1, -0.05) is 13.0 Å². The number of allylic oxidation sites excluding steroid dienone is 1. The molecule has 0 aliphatic carbocycles. The van der Waals surface area contributed by atoms with Crippen LogP contribution in [0.1, 0.15) is 26.7 Å². The average Bonchev–Trinajstić information content (AvgIpc) is 2.10. The van der Waals surface area contributed by atoms with Gasteiger partial charge < -0.3 is 0 Å². The zero-order chi connectivity index (χ0) is 10.8. The maximum Gasteiger partial charge on any atom is 0.259 e. The molecule has 1 rings (SSSR count). The van der Waals surface area contributed by atoms with Crippen LogP contribution in [0.25, 0.3) is 0 Å². The number of hydroxylamine groups is 2. The number of nitrogens with zero attached hydrogens (tertiary/aromatic N) is 1. The fourth-order valence-corrected chi connectivity index (χ4v) is 1.51. The molecule has 1 heterocycles. The van der Waals surface area contributed by atoms with Crippen LogP contribution in [0.2, 0.25) is 0 Å². The molecule has 0 aromatic carbocycles. The molecule has 0 N–H and O–H groups in total. The Labute approximate surface area is 83.5 Å². The van der Waals surface area contributed by atoms with E-state index in [4.69, 9.17) is 4.84 Å². The third kappa shape index (κ3) is 1.85. The highest BCUT2D eigenvalue weighted by Crippen LogP contribution is 2.32. The molecule has 0 unspecified atom stereocenters. The Morgan fingerprint density at radius 1 is 1.79 bits per heavy atom. The van der Waals surface area contributed by atoms with Crippen molar-refractivity contribution in [2.45, 2.75) is 26.7 Å². The summed E-state index contributed by atoms with van der Waals surface area (Å²) >= 11 is 0. The SMILES string of the molecule is C=CC[C@]1(C)CCON(C(C)=O)C1=O. The van der Waals surface area contributed by atoms with E-state index >= 15 is 0 Å². The van der Waals surface area contributed by atoms with E-state index < -0.39 is 5.41 Å². The molecular formula is C10H15NO3. The highest BCUT2D eigenvalue weighted by Gasteiger charge is 2.41. The zero-order valence-corrected chi connectivity index (χ0v) is 8.58. The van der Waals surface area contributed by atoms with E-state index in [1.54, 1.807) is 6.08 Å². The summed E-state index contributed by atoms with van der Waals surface area (Å²) in [6.45, 7) is 7.15. The average molecular weight is 197 g/mol. The highest BCUT2D eigenvalue weighted by atomic mass is 16.7. The van der Waals surface area contributed by atoms with Gasteiger partial charge in [0.15, 0.2) is 0 Å². The third-order valence-corrected chi connectivity index (χ3v) is 2.46. The number of imide groups is 1. The van der Waals surface area contributed by atoms with Crippen LogP contribution in [-0.2, 0) is 14.4 Å². The second-order valence-corrected chi connectivity index (χ2v) is 3.76. The first-order valence-corrected chi connectivity index (χ1v) is 4.60. The van der Waals surface area contributed by atoms with Gasteiger partial charge >= 0.3 is 0 Å². The van der Waals surface area contributed by atoms with Crippen molar-refractivity contribution in [3.63, 3.8) is 0 Å². The summed E-state index contributed by atoms with van der Waals surface area (Å²) in [4.78, 5) is 27.9. The Balaban J connectivity index is 2.85. The van der Waals surface area contributed by atoms with Gasteiger partial charge in [-0.2, -0.15) is 5.06 Å². The van der Waals surface area contributed by atoms with Crippen molar-refractivity contribution in [2.75, 3.05) is 6.61 Å². The summed E-state index contributed by atoms with van der Waals surface area (Å²) < 4.78 is 0. The standard InChI is InChI=1S/C10H15NO3/c1-4-5-10(3)6-7-14-11(8(2)12)9(10)13/h4H,1,5-7H2,2-3H3/t10-/m1/s1. The second-order valence-electron chi connectivity index (χ2n) is 3.76.